The van der Waals surface area contributed by atoms with Crippen molar-refractivity contribution < 1.29 is 27.7 Å². The Labute approximate surface area is 139 Å². The first kappa shape index (κ1) is 17.8. The van der Waals surface area contributed by atoms with E-state index in [4.69, 9.17) is 18.9 Å². The number of hydrogen-bond acceptors (Lipinski definition) is 4. The molecule has 0 saturated heterocycles. The van der Waals surface area contributed by atoms with Gasteiger partial charge in [-0.1, -0.05) is 6.07 Å². The van der Waals surface area contributed by atoms with E-state index >= 15 is 0 Å². The van der Waals surface area contributed by atoms with E-state index in [9.17, 15) is 8.78 Å². The van der Waals surface area contributed by atoms with Gasteiger partial charge in [-0.2, -0.15) is 0 Å². The lowest BCUT2D eigenvalue weighted by Crippen LogP contribution is -2.08. The van der Waals surface area contributed by atoms with Crippen molar-refractivity contribution in [1.82, 2.24) is 0 Å². The van der Waals surface area contributed by atoms with Crippen LogP contribution in [0.4, 0.5) is 8.78 Å². The lowest BCUT2D eigenvalue weighted by molar-refractivity contribution is 0.238. The van der Waals surface area contributed by atoms with Crippen LogP contribution in [0.3, 0.4) is 0 Å². The molecular weight excluding hydrogens is 318 g/mol. The van der Waals surface area contributed by atoms with E-state index in [1.165, 1.54) is 0 Å². The number of benzene rings is 2. The summed E-state index contributed by atoms with van der Waals surface area (Å²) < 4.78 is 46.4. The molecule has 2 aromatic rings. The normalized spacial score (nSPS) is 10.3. The second-order valence-corrected chi connectivity index (χ2v) is 4.77. The third kappa shape index (κ3) is 5.01. The molecular formula is C18H20F2O4. The first-order valence-corrected chi connectivity index (χ1v) is 7.54. The zero-order valence-electron chi connectivity index (χ0n) is 13.5. The van der Waals surface area contributed by atoms with Crippen molar-refractivity contribution in [2.24, 2.45) is 0 Å². The van der Waals surface area contributed by atoms with Gasteiger partial charge in [-0.25, -0.2) is 8.78 Å². The van der Waals surface area contributed by atoms with Gasteiger partial charge in [0, 0.05) is 0 Å². The van der Waals surface area contributed by atoms with E-state index < -0.39 is 13.3 Å². The van der Waals surface area contributed by atoms with E-state index in [0.29, 0.717) is 22.8 Å². The first-order chi connectivity index (χ1) is 11.8. The molecule has 0 fully saturated rings. The highest BCUT2D eigenvalue weighted by atomic mass is 19.1. The van der Waals surface area contributed by atoms with Crippen molar-refractivity contribution in [3.05, 3.63) is 48.0 Å². The van der Waals surface area contributed by atoms with Crippen molar-refractivity contribution in [3.8, 4) is 23.0 Å². The van der Waals surface area contributed by atoms with Crippen LogP contribution in [-0.4, -0.2) is 33.7 Å². The minimum atomic E-state index is -0.603. The molecule has 0 aliphatic rings. The zero-order chi connectivity index (χ0) is 17.2. The lowest BCUT2D eigenvalue weighted by Gasteiger charge is -2.16. The highest BCUT2D eigenvalue weighted by Gasteiger charge is 2.12. The Hall–Kier alpha value is -2.50. The molecule has 0 aliphatic heterocycles. The second kappa shape index (κ2) is 9.60. The molecule has 2 rings (SSSR count). The van der Waals surface area contributed by atoms with Crippen LogP contribution >= 0.6 is 0 Å². The van der Waals surface area contributed by atoms with Gasteiger partial charge in [-0.15, -0.1) is 0 Å². The van der Waals surface area contributed by atoms with Crippen LogP contribution in [0.1, 0.15) is 5.56 Å². The van der Waals surface area contributed by atoms with Gasteiger partial charge < -0.3 is 18.9 Å². The van der Waals surface area contributed by atoms with Gasteiger partial charge in [0.25, 0.3) is 0 Å². The predicted octanol–water partition coefficient (Wildman–Crippen LogP) is 3.97. The summed E-state index contributed by atoms with van der Waals surface area (Å²) in [4.78, 5) is 0. The molecule has 0 unspecified atom stereocenters. The van der Waals surface area contributed by atoms with Gasteiger partial charge in [0.15, 0.2) is 0 Å². The molecule has 0 aromatic heterocycles. The summed E-state index contributed by atoms with van der Waals surface area (Å²) in [5.41, 5.74) is 0.607. The summed E-state index contributed by atoms with van der Waals surface area (Å²) in [5, 5.41) is 0. The van der Waals surface area contributed by atoms with E-state index in [0.717, 1.165) is 5.75 Å². The molecule has 0 radical (unpaired) electrons. The molecule has 0 spiro atoms. The fraction of sp³-hybridized carbons (Fsp3) is 0.333. The van der Waals surface area contributed by atoms with Gasteiger partial charge in [0.2, 0.25) is 0 Å². The standard InChI is InChI=1S/C18H20F2O4/c1-21-14-5-7-15(8-6-14)24-13-16-17(22-11-9-19)3-2-4-18(16)23-12-10-20/h2-8H,9-13H2,1H3. The molecule has 2 aromatic carbocycles. The van der Waals surface area contributed by atoms with Crippen molar-refractivity contribution in [2.75, 3.05) is 33.7 Å². The number of rotatable bonds is 10. The number of hydrogen-bond donors (Lipinski definition) is 0. The van der Waals surface area contributed by atoms with Crippen LogP contribution in [-0.2, 0) is 6.61 Å². The molecule has 0 heterocycles. The van der Waals surface area contributed by atoms with Crippen LogP contribution in [0.5, 0.6) is 23.0 Å². The first-order valence-electron chi connectivity index (χ1n) is 7.54. The van der Waals surface area contributed by atoms with Gasteiger partial charge >= 0.3 is 0 Å². The minimum Gasteiger partial charge on any atom is -0.497 e. The van der Waals surface area contributed by atoms with Crippen LogP contribution < -0.4 is 18.9 Å². The minimum absolute atomic E-state index is 0.0674. The van der Waals surface area contributed by atoms with Crippen LogP contribution in [0.2, 0.25) is 0 Å². The molecule has 0 aliphatic carbocycles. The molecule has 4 nitrogen and oxygen atoms in total. The number of alkyl halides is 2. The number of ether oxygens (including phenoxy) is 4. The smallest absolute Gasteiger partial charge is 0.129 e. The van der Waals surface area contributed by atoms with Crippen LogP contribution in [0.25, 0.3) is 0 Å². The average Bonchev–Trinajstić information content (AvgIpc) is 2.63. The van der Waals surface area contributed by atoms with Crippen LogP contribution in [0.15, 0.2) is 42.5 Å². The Morgan fingerprint density at radius 1 is 0.750 bits per heavy atom. The summed E-state index contributed by atoms with van der Waals surface area (Å²) in [6.45, 7) is -1.19. The molecule has 0 N–H and O–H groups in total. The van der Waals surface area contributed by atoms with E-state index in [2.05, 4.69) is 0 Å². The maximum absolute atomic E-state index is 12.4. The van der Waals surface area contributed by atoms with E-state index in [1.807, 2.05) is 0 Å². The molecule has 0 bridgehead atoms. The summed E-state index contributed by atoms with van der Waals surface area (Å²) in [7, 11) is 1.59. The molecule has 0 amide bonds. The fourth-order valence-corrected chi connectivity index (χ4v) is 2.08. The van der Waals surface area contributed by atoms with Crippen molar-refractivity contribution >= 4 is 0 Å². The average molecular weight is 338 g/mol. The molecule has 0 atom stereocenters. The Balaban J connectivity index is 2.14. The molecule has 0 saturated carbocycles. The number of methoxy groups -OCH3 is 1. The largest absolute Gasteiger partial charge is 0.497 e. The quantitative estimate of drug-likeness (QED) is 0.657. The topological polar surface area (TPSA) is 36.9 Å². The maximum atomic E-state index is 12.4. The maximum Gasteiger partial charge on any atom is 0.129 e. The lowest BCUT2D eigenvalue weighted by atomic mass is 10.2. The highest BCUT2D eigenvalue weighted by molar-refractivity contribution is 5.45. The highest BCUT2D eigenvalue weighted by Crippen LogP contribution is 2.30. The second-order valence-electron chi connectivity index (χ2n) is 4.77. The van der Waals surface area contributed by atoms with Gasteiger partial charge in [0.05, 0.1) is 12.7 Å². The Morgan fingerprint density at radius 3 is 1.79 bits per heavy atom. The fourth-order valence-electron chi connectivity index (χ4n) is 2.08. The Bertz CT molecular complexity index is 591. The predicted molar refractivity (Wildman–Crippen MR) is 86.7 cm³/mol. The molecule has 24 heavy (non-hydrogen) atoms. The molecule has 6 heteroatoms. The van der Waals surface area contributed by atoms with Crippen molar-refractivity contribution in [2.45, 2.75) is 6.61 Å². The third-order valence-electron chi connectivity index (χ3n) is 3.20. The van der Waals surface area contributed by atoms with Gasteiger partial charge in [0.1, 0.15) is 56.2 Å². The SMILES string of the molecule is COc1ccc(OCc2c(OCCF)cccc2OCCF)cc1. The Morgan fingerprint density at radius 2 is 1.29 bits per heavy atom. The summed E-state index contributed by atoms with van der Waals surface area (Å²) in [6.07, 6.45) is 0. The van der Waals surface area contributed by atoms with Gasteiger partial charge in [-0.3, -0.25) is 0 Å². The Kier molecular flexibility index (Phi) is 7.14. The van der Waals surface area contributed by atoms with E-state index in [1.54, 1.807) is 49.6 Å². The number of halogens is 2. The van der Waals surface area contributed by atoms with Crippen molar-refractivity contribution in [3.63, 3.8) is 0 Å². The third-order valence-corrected chi connectivity index (χ3v) is 3.20. The van der Waals surface area contributed by atoms with Crippen molar-refractivity contribution in [1.29, 1.82) is 0 Å². The zero-order valence-corrected chi connectivity index (χ0v) is 13.5. The monoisotopic (exact) mass is 338 g/mol. The summed E-state index contributed by atoms with van der Waals surface area (Å²) in [6, 6.07) is 12.2. The van der Waals surface area contributed by atoms with Crippen LogP contribution in [0, 0.1) is 0 Å². The van der Waals surface area contributed by atoms with Gasteiger partial charge in [-0.05, 0) is 36.4 Å². The summed E-state index contributed by atoms with van der Waals surface area (Å²) >= 11 is 0. The summed E-state index contributed by atoms with van der Waals surface area (Å²) in [5.74, 6) is 2.27. The molecule has 130 valence electrons. The van der Waals surface area contributed by atoms with E-state index in [-0.39, 0.29) is 19.8 Å².